The molecule has 0 aliphatic carbocycles. The lowest BCUT2D eigenvalue weighted by Crippen LogP contribution is -1.92. The second kappa shape index (κ2) is 10.3. The number of phenolic OH excluding ortho intramolecular Hbond substituents is 7. The molecule has 10 rings (SSSR count). The van der Waals surface area contributed by atoms with Crippen molar-refractivity contribution in [3.05, 3.63) is 115 Å². The summed E-state index contributed by atoms with van der Waals surface area (Å²) >= 11 is 0. The monoisotopic (exact) mass is 682 g/mol. The lowest BCUT2D eigenvalue weighted by Gasteiger charge is -2.20. The molecule has 0 aliphatic heterocycles. The van der Waals surface area contributed by atoms with Crippen molar-refractivity contribution < 1.29 is 40.2 Å². The van der Waals surface area contributed by atoms with Crippen LogP contribution in [-0.4, -0.2) is 35.7 Å². The largest absolute Gasteiger partial charge is 0.504 e. The Morgan fingerprint density at radius 1 is 0.327 bits per heavy atom. The van der Waals surface area contributed by atoms with E-state index in [1.54, 1.807) is 6.07 Å². The topological polar surface area (TPSA) is 155 Å². The fourth-order valence-electron chi connectivity index (χ4n) is 8.02. The van der Waals surface area contributed by atoms with Crippen molar-refractivity contribution in [2.45, 2.75) is 0 Å². The van der Waals surface area contributed by atoms with Crippen LogP contribution in [-0.2, 0) is 0 Å². The molecule has 0 aliphatic rings. The van der Waals surface area contributed by atoms with Crippen LogP contribution in [0.4, 0.5) is 0 Å². The molecule has 0 radical (unpaired) electrons. The van der Waals surface area contributed by atoms with Gasteiger partial charge in [0.25, 0.3) is 0 Å². The van der Waals surface area contributed by atoms with Crippen molar-refractivity contribution in [1.29, 1.82) is 0 Å². The number of benzene rings is 9. The summed E-state index contributed by atoms with van der Waals surface area (Å²) in [6, 6.07) is 38.0. The zero-order valence-corrected chi connectivity index (χ0v) is 27.0. The van der Waals surface area contributed by atoms with E-state index in [2.05, 4.69) is 48.5 Å². The molecule has 8 heteroatoms. The van der Waals surface area contributed by atoms with E-state index >= 15 is 0 Å². The summed E-state index contributed by atoms with van der Waals surface area (Å²) in [6.07, 6.45) is 0. The Hall–Kier alpha value is -7.32. The van der Waals surface area contributed by atoms with Gasteiger partial charge in [-0.2, -0.15) is 0 Å². The number of rotatable bonds is 3. The molecule has 1 heterocycles. The molecule has 8 nitrogen and oxygen atoms in total. The van der Waals surface area contributed by atoms with Crippen LogP contribution in [0.5, 0.6) is 40.2 Å². The third kappa shape index (κ3) is 3.80. The Labute approximate surface area is 293 Å². The standard InChI is InChI=1S/C44H26O8/c45-38-35(36-37(40(47)42(38)49)41(48)44(51)43(50)39(36)46)27-17-13-22-11-15-25-24(14-10-21-12-16-26(27)33(22)32(21)25)29-18-23(20-6-2-1-3-7-20)19-31-34(29)28-8-4-5-9-30(28)52-31/h1-19,45-51H. The maximum absolute atomic E-state index is 11.3. The highest BCUT2D eigenvalue weighted by Gasteiger charge is 2.30. The van der Waals surface area contributed by atoms with Crippen molar-refractivity contribution in [3.63, 3.8) is 0 Å². The molecule has 0 atom stereocenters. The Morgan fingerprint density at radius 2 is 0.885 bits per heavy atom. The van der Waals surface area contributed by atoms with E-state index in [9.17, 15) is 35.7 Å². The molecule has 52 heavy (non-hydrogen) atoms. The normalized spacial score (nSPS) is 12.0. The third-order valence-electron chi connectivity index (χ3n) is 10.4. The van der Waals surface area contributed by atoms with Crippen molar-refractivity contribution in [3.8, 4) is 73.6 Å². The molecule has 0 bridgehead atoms. The highest BCUT2D eigenvalue weighted by Crippen LogP contribution is 2.60. The van der Waals surface area contributed by atoms with Gasteiger partial charge in [0.05, 0.1) is 5.39 Å². The van der Waals surface area contributed by atoms with Crippen molar-refractivity contribution >= 4 is 65.0 Å². The van der Waals surface area contributed by atoms with E-state index in [0.717, 1.165) is 71.1 Å². The first-order valence-electron chi connectivity index (χ1n) is 16.5. The number of furan rings is 1. The minimum absolute atomic E-state index is 0.159. The van der Waals surface area contributed by atoms with Crippen LogP contribution in [0.2, 0.25) is 0 Å². The Kier molecular flexibility index (Phi) is 5.89. The van der Waals surface area contributed by atoms with Crippen LogP contribution in [0.25, 0.3) is 98.4 Å². The zero-order chi connectivity index (χ0) is 35.6. The first kappa shape index (κ1) is 29.6. The van der Waals surface area contributed by atoms with E-state index in [0.29, 0.717) is 10.9 Å². The summed E-state index contributed by atoms with van der Waals surface area (Å²) in [5, 5.41) is 81.7. The number of para-hydroxylation sites is 1. The molecular weight excluding hydrogens is 656 g/mol. The third-order valence-corrected chi connectivity index (χ3v) is 10.4. The van der Waals surface area contributed by atoms with Gasteiger partial charge in [-0.1, -0.05) is 97.1 Å². The molecule has 0 fully saturated rings. The first-order valence-corrected chi connectivity index (χ1v) is 16.5. The Morgan fingerprint density at radius 3 is 1.58 bits per heavy atom. The summed E-state index contributed by atoms with van der Waals surface area (Å²) in [6.45, 7) is 0. The molecule has 10 aromatic rings. The summed E-state index contributed by atoms with van der Waals surface area (Å²) in [4.78, 5) is 0. The van der Waals surface area contributed by atoms with E-state index in [4.69, 9.17) is 4.42 Å². The predicted octanol–water partition coefficient (Wildman–Crippen LogP) is 10.6. The molecule has 0 saturated heterocycles. The molecule has 7 N–H and O–H groups in total. The van der Waals surface area contributed by atoms with Gasteiger partial charge in [-0.25, -0.2) is 0 Å². The summed E-state index contributed by atoms with van der Waals surface area (Å²) < 4.78 is 6.43. The molecule has 0 unspecified atom stereocenters. The van der Waals surface area contributed by atoms with Gasteiger partial charge in [-0.05, 0) is 78.3 Å². The minimum Gasteiger partial charge on any atom is -0.504 e. The van der Waals surface area contributed by atoms with Crippen molar-refractivity contribution in [2.24, 2.45) is 0 Å². The SMILES string of the molecule is Oc1c(O)c(O)c2c(-c3ccc4ccc5c(-c6cc(-c7ccccc7)cc7oc8ccccc8c67)ccc6ccc3c4c65)c(O)c(O)c(O)c2c1O. The fraction of sp³-hybridized carbons (Fsp3) is 0. The molecule has 1 aromatic heterocycles. The van der Waals surface area contributed by atoms with E-state index < -0.39 is 45.6 Å². The van der Waals surface area contributed by atoms with E-state index in [1.807, 2.05) is 60.7 Å². The molecule has 0 spiro atoms. The summed E-state index contributed by atoms with van der Waals surface area (Å²) in [5.41, 5.74) is 5.73. The second-order valence-electron chi connectivity index (χ2n) is 13.1. The number of hydrogen-bond acceptors (Lipinski definition) is 8. The Balaban J connectivity index is 1.32. The minimum atomic E-state index is -1.09. The van der Waals surface area contributed by atoms with E-state index in [1.165, 1.54) is 0 Å². The number of hydrogen-bond donors (Lipinski definition) is 7. The predicted molar refractivity (Wildman–Crippen MR) is 203 cm³/mol. The van der Waals surface area contributed by atoms with Crippen LogP contribution in [0, 0.1) is 0 Å². The highest BCUT2D eigenvalue weighted by atomic mass is 16.4. The molecular formula is C44H26O8. The van der Waals surface area contributed by atoms with Gasteiger partial charge < -0.3 is 40.2 Å². The van der Waals surface area contributed by atoms with Crippen LogP contribution in [0.3, 0.4) is 0 Å². The van der Waals surface area contributed by atoms with Gasteiger partial charge in [0.2, 0.25) is 17.2 Å². The highest BCUT2D eigenvalue weighted by molar-refractivity contribution is 6.30. The smallest absolute Gasteiger partial charge is 0.205 e. The average molecular weight is 683 g/mol. The lowest BCUT2D eigenvalue weighted by atomic mass is 9.85. The van der Waals surface area contributed by atoms with Crippen LogP contribution >= 0.6 is 0 Å². The number of fused-ring (bicyclic) bond motifs is 4. The van der Waals surface area contributed by atoms with E-state index in [-0.39, 0.29) is 10.9 Å². The fourth-order valence-corrected chi connectivity index (χ4v) is 8.02. The molecule has 0 amide bonds. The first-order chi connectivity index (χ1) is 25.2. The van der Waals surface area contributed by atoms with Crippen LogP contribution < -0.4 is 0 Å². The van der Waals surface area contributed by atoms with Crippen molar-refractivity contribution in [2.75, 3.05) is 0 Å². The van der Waals surface area contributed by atoms with Gasteiger partial charge in [-0.3, -0.25) is 0 Å². The number of aromatic hydroxyl groups is 7. The van der Waals surface area contributed by atoms with Crippen LogP contribution in [0.1, 0.15) is 0 Å². The second-order valence-corrected chi connectivity index (χ2v) is 13.1. The van der Waals surface area contributed by atoms with Gasteiger partial charge in [-0.15, -0.1) is 0 Å². The van der Waals surface area contributed by atoms with Crippen LogP contribution in [0.15, 0.2) is 120 Å². The average Bonchev–Trinajstić information content (AvgIpc) is 3.56. The quantitative estimate of drug-likeness (QED) is 0.0552. The molecule has 250 valence electrons. The summed E-state index contributed by atoms with van der Waals surface area (Å²) in [5.74, 6) is -6.73. The maximum atomic E-state index is 11.3. The summed E-state index contributed by atoms with van der Waals surface area (Å²) in [7, 11) is 0. The van der Waals surface area contributed by atoms with Gasteiger partial charge in [0.1, 0.15) is 11.2 Å². The number of phenols is 7. The van der Waals surface area contributed by atoms with Gasteiger partial charge in [0.15, 0.2) is 23.0 Å². The van der Waals surface area contributed by atoms with Crippen molar-refractivity contribution in [1.82, 2.24) is 0 Å². The van der Waals surface area contributed by atoms with Gasteiger partial charge >= 0.3 is 0 Å². The lowest BCUT2D eigenvalue weighted by molar-refractivity contribution is 0.347. The Bertz CT molecular complexity index is 3130. The molecule has 9 aromatic carbocycles. The van der Waals surface area contributed by atoms with Gasteiger partial charge in [0, 0.05) is 21.7 Å². The molecule has 0 saturated carbocycles. The maximum Gasteiger partial charge on any atom is 0.205 e. The zero-order valence-electron chi connectivity index (χ0n) is 27.0.